The third-order valence-corrected chi connectivity index (χ3v) is 6.29. The Hall–Kier alpha value is -3.23. The molecule has 2 amide bonds. The zero-order valence-corrected chi connectivity index (χ0v) is 16.9. The molecule has 0 saturated heterocycles. The smallest absolute Gasteiger partial charge is 0.268 e. The molecule has 1 N–H and O–H groups in total. The lowest BCUT2D eigenvalue weighted by Gasteiger charge is -2.15. The molecule has 2 aromatic rings. The number of carbonyl (C=O) groups is 2. The molecule has 0 saturated carbocycles. The second-order valence-corrected chi connectivity index (χ2v) is 8.59. The largest absolute Gasteiger partial charge is 0.279 e. The number of imide groups is 1. The van der Waals surface area contributed by atoms with Crippen LogP contribution in [0.5, 0.6) is 0 Å². The number of allylic oxidation sites excluding steroid dienone is 5. The van der Waals surface area contributed by atoms with Gasteiger partial charge in [-0.05, 0) is 48.9 Å². The summed E-state index contributed by atoms with van der Waals surface area (Å²) in [6, 6.07) is 6.88. The first-order valence-corrected chi connectivity index (χ1v) is 10.7. The van der Waals surface area contributed by atoms with E-state index in [2.05, 4.69) is 4.72 Å². The van der Waals surface area contributed by atoms with Crippen LogP contribution < -0.4 is 4.72 Å². The van der Waals surface area contributed by atoms with E-state index in [1.165, 1.54) is 12.1 Å². The molecule has 0 bridgehead atoms. The van der Waals surface area contributed by atoms with Crippen LogP contribution in [0.1, 0.15) is 27.1 Å². The third kappa shape index (κ3) is 3.44. The van der Waals surface area contributed by atoms with E-state index >= 15 is 0 Å². The van der Waals surface area contributed by atoms with Crippen LogP contribution in [0.2, 0.25) is 5.02 Å². The SMILES string of the molecule is O=C1c2c(Cl)ccc(NS(=O)(=O)c3ccc(F)cc3)c2C(=O)N1C1=CCC=CC=C1. The van der Waals surface area contributed by atoms with Crippen molar-refractivity contribution in [2.45, 2.75) is 11.3 Å². The average molecular weight is 445 g/mol. The summed E-state index contributed by atoms with van der Waals surface area (Å²) < 4.78 is 40.9. The monoisotopic (exact) mass is 444 g/mol. The molecule has 6 nitrogen and oxygen atoms in total. The molecule has 2 aromatic carbocycles. The summed E-state index contributed by atoms with van der Waals surface area (Å²) in [5, 5.41) is 0.0342. The molecule has 1 aliphatic heterocycles. The Balaban J connectivity index is 1.77. The summed E-state index contributed by atoms with van der Waals surface area (Å²) in [5.74, 6) is -1.91. The second kappa shape index (κ2) is 7.55. The van der Waals surface area contributed by atoms with E-state index in [1.807, 2.05) is 6.08 Å². The maximum absolute atomic E-state index is 13.1. The molecule has 4 rings (SSSR count). The number of nitrogens with zero attached hydrogens (tertiary/aromatic N) is 1. The summed E-state index contributed by atoms with van der Waals surface area (Å²) in [5.41, 5.74) is 0.0719. The van der Waals surface area contributed by atoms with Gasteiger partial charge in [0.1, 0.15) is 5.82 Å². The van der Waals surface area contributed by atoms with Crippen molar-refractivity contribution in [1.29, 1.82) is 0 Å². The van der Waals surface area contributed by atoms with Gasteiger partial charge in [0.25, 0.3) is 21.8 Å². The van der Waals surface area contributed by atoms with Crippen molar-refractivity contribution in [2.24, 2.45) is 0 Å². The lowest BCUT2D eigenvalue weighted by atomic mass is 10.1. The minimum Gasteiger partial charge on any atom is -0.279 e. The third-order valence-electron chi connectivity index (χ3n) is 4.59. The Morgan fingerprint density at radius 2 is 1.67 bits per heavy atom. The number of fused-ring (bicyclic) bond motifs is 1. The van der Waals surface area contributed by atoms with Crippen LogP contribution in [0.15, 0.2) is 77.4 Å². The fourth-order valence-corrected chi connectivity index (χ4v) is 4.51. The summed E-state index contributed by atoms with van der Waals surface area (Å²) >= 11 is 6.18. The number of hydrogen-bond acceptors (Lipinski definition) is 4. The van der Waals surface area contributed by atoms with E-state index in [-0.39, 0.29) is 26.7 Å². The number of sulfonamides is 1. The highest BCUT2D eigenvalue weighted by Gasteiger charge is 2.41. The van der Waals surface area contributed by atoms with Crippen molar-refractivity contribution < 1.29 is 22.4 Å². The van der Waals surface area contributed by atoms with Gasteiger partial charge < -0.3 is 0 Å². The van der Waals surface area contributed by atoms with Crippen LogP contribution >= 0.6 is 11.6 Å². The number of benzene rings is 2. The first-order chi connectivity index (χ1) is 14.3. The topological polar surface area (TPSA) is 83.5 Å². The normalized spacial score (nSPS) is 15.8. The number of hydrogen-bond donors (Lipinski definition) is 1. The summed E-state index contributed by atoms with van der Waals surface area (Å²) in [7, 11) is -4.13. The maximum atomic E-state index is 13.1. The van der Waals surface area contributed by atoms with Crippen molar-refractivity contribution in [3.8, 4) is 0 Å². The lowest BCUT2D eigenvalue weighted by Crippen LogP contribution is -2.28. The molecule has 30 heavy (non-hydrogen) atoms. The molecular weight excluding hydrogens is 431 g/mol. The molecule has 1 heterocycles. The highest BCUT2D eigenvalue weighted by Crippen LogP contribution is 2.37. The summed E-state index contributed by atoms with van der Waals surface area (Å²) in [6.07, 6.45) is 9.18. The van der Waals surface area contributed by atoms with Crippen LogP contribution in [0.4, 0.5) is 10.1 Å². The average Bonchev–Trinajstić information content (AvgIpc) is 2.87. The minimum atomic E-state index is -4.13. The van der Waals surface area contributed by atoms with Crippen molar-refractivity contribution in [1.82, 2.24) is 4.90 Å². The molecule has 0 atom stereocenters. The van der Waals surface area contributed by atoms with Crippen molar-refractivity contribution in [3.63, 3.8) is 0 Å². The minimum absolute atomic E-state index is 0.0342. The van der Waals surface area contributed by atoms with Gasteiger partial charge >= 0.3 is 0 Å². The molecule has 2 aliphatic rings. The Morgan fingerprint density at radius 1 is 0.967 bits per heavy atom. The van der Waals surface area contributed by atoms with Gasteiger partial charge in [-0.15, -0.1) is 0 Å². The molecule has 0 fully saturated rings. The number of anilines is 1. The van der Waals surface area contributed by atoms with Gasteiger partial charge in [0.2, 0.25) is 0 Å². The van der Waals surface area contributed by atoms with Crippen LogP contribution in [0.3, 0.4) is 0 Å². The van der Waals surface area contributed by atoms with Gasteiger partial charge in [0.15, 0.2) is 0 Å². The quantitative estimate of drug-likeness (QED) is 0.713. The summed E-state index contributed by atoms with van der Waals surface area (Å²) in [4.78, 5) is 26.9. The second-order valence-electron chi connectivity index (χ2n) is 6.50. The standard InChI is InChI=1S/C21H14ClFN2O4S/c22-16-11-12-17(24-30(28,29)15-9-7-13(23)8-10-15)19-18(16)20(26)25(21(19)27)14-5-3-1-2-4-6-14/h1-3,5-12,24H,4H2. The molecule has 0 unspecified atom stereocenters. The van der Waals surface area contributed by atoms with Crippen LogP contribution in [-0.2, 0) is 10.0 Å². The number of nitrogens with one attached hydrogen (secondary N) is 1. The molecule has 152 valence electrons. The van der Waals surface area contributed by atoms with Gasteiger partial charge in [-0.3, -0.25) is 14.3 Å². The van der Waals surface area contributed by atoms with Crippen LogP contribution in [0, 0.1) is 5.82 Å². The van der Waals surface area contributed by atoms with Crippen LogP contribution in [-0.4, -0.2) is 25.1 Å². The highest BCUT2D eigenvalue weighted by molar-refractivity contribution is 7.92. The Labute approximate surface area is 177 Å². The zero-order chi connectivity index (χ0) is 21.5. The Bertz CT molecular complexity index is 1260. The molecule has 0 aromatic heterocycles. The van der Waals surface area contributed by atoms with Crippen LogP contribution in [0.25, 0.3) is 0 Å². The lowest BCUT2D eigenvalue weighted by molar-refractivity contribution is 0.0709. The molecule has 1 aliphatic carbocycles. The van der Waals surface area contributed by atoms with E-state index in [0.29, 0.717) is 12.1 Å². The van der Waals surface area contributed by atoms with Crippen molar-refractivity contribution >= 4 is 39.1 Å². The molecule has 0 radical (unpaired) electrons. The number of halogens is 2. The number of amides is 2. The fourth-order valence-electron chi connectivity index (χ4n) is 3.20. The molecule has 0 spiro atoms. The predicted molar refractivity (Wildman–Crippen MR) is 110 cm³/mol. The van der Waals surface area contributed by atoms with E-state index < -0.39 is 27.7 Å². The van der Waals surface area contributed by atoms with Gasteiger partial charge in [0.05, 0.1) is 26.7 Å². The fraction of sp³-hybridized carbons (Fsp3) is 0.0476. The first kappa shape index (κ1) is 20.1. The number of rotatable bonds is 4. The summed E-state index contributed by atoms with van der Waals surface area (Å²) in [6.45, 7) is 0. The van der Waals surface area contributed by atoms with Crippen molar-refractivity contribution in [3.05, 3.63) is 94.4 Å². The molecular formula is C21H14ClFN2O4S. The molecule has 9 heteroatoms. The van der Waals surface area contributed by atoms with E-state index in [1.54, 1.807) is 24.3 Å². The Morgan fingerprint density at radius 3 is 2.40 bits per heavy atom. The number of carbonyl (C=O) groups excluding carboxylic acids is 2. The Kier molecular flexibility index (Phi) is 5.05. The van der Waals surface area contributed by atoms with Gasteiger partial charge in [0, 0.05) is 5.70 Å². The zero-order valence-electron chi connectivity index (χ0n) is 15.3. The maximum Gasteiger partial charge on any atom is 0.268 e. The van der Waals surface area contributed by atoms with E-state index in [9.17, 15) is 22.4 Å². The van der Waals surface area contributed by atoms with Gasteiger partial charge in [-0.2, -0.15) is 0 Å². The van der Waals surface area contributed by atoms with Gasteiger partial charge in [-0.25, -0.2) is 17.7 Å². The van der Waals surface area contributed by atoms with Crippen molar-refractivity contribution in [2.75, 3.05) is 4.72 Å². The van der Waals surface area contributed by atoms with E-state index in [4.69, 9.17) is 11.6 Å². The highest BCUT2D eigenvalue weighted by atomic mass is 35.5. The first-order valence-electron chi connectivity index (χ1n) is 8.82. The van der Waals surface area contributed by atoms with Gasteiger partial charge in [-0.1, -0.05) is 35.9 Å². The predicted octanol–water partition coefficient (Wildman–Crippen LogP) is 4.28. The van der Waals surface area contributed by atoms with E-state index in [0.717, 1.165) is 29.2 Å².